The molecule has 1 heterocycles. The van der Waals surface area contributed by atoms with Crippen LogP contribution in [-0.4, -0.2) is 57.7 Å². The molecule has 0 aromatic carbocycles. The summed E-state index contributed by atoms with van der Waals surface area (Å²) in [5.74, 6) is -3.08. The summed E-state index contributed by atoms with van der Waals surface area (Å²) in [6, 6.07) is -1.31. The summed E-state index contributed by atoms with van der Waals surface area (Å²) in [6.07, 6.45) is 1.59. The molecule has 96 valence electrons. The lowest BCUT2D eigenvalue weighted by Gasteiger charge is -2.27. The molecule has 0 aromatic rings. The molecule has 0 spiro atoms. The minimum atomic E-state index is -1.31. The molecule has 3 unspecified atom stereocenters. The molecule has 1 aliphatic heterocycles. The number of carboxylic acids is 2. The Kier molecular flexibility index (Phi) is 4.62. The lowest BCUT2D eigenvalue weighted by atomic mass is 9.92. The second kappa shape index (κ2) is 5.76. The smallest absolute Gasteiger partial charge is 0.323 e. The van der Waals surface area contributed by atoms with Crippen molar-refractivity contribution in [2.45, 2.75) is 18.6 Å². The van der Waals surface area contributed by atoms with Crippen molar-refractivity contribution in [2.24, 2.45) is 5.92 Å². The number of hydroxylamine groups is 2. The number of allylic oxidation sites excluding steroid dienone is 1. The van der Waals surface area contributed by atoms with Crippen LogP contribution in [0.1, 0.15) is 6.42 Å². The van der Waals surface area contributed by atoms with Crippen LogP contribution in [0, 0.1) is 5.92 Å². The number of rotatable bonds is 8. The zero-order chi connectivity index (χ0) is 13.0. The molecule has 17 heavy (non-hydrogen) atoms. The second-order valence-corrected chi connectivity index (χ2v) is 3.83. The molecular weight excluding hydrogens is 230 g/mol. The lowest BCUT2D eigenvalue weighted by molar-refractivity contribution is -0.184. The first kappa shape index (κ1) is 13.6. The summed E-state index contributed by atoms with van der Waals surface area (Å²) >= 11 is 0. The zero-order valence-electron chi connectivity index (χ0n) is 9.15. The summed E-state index contributed by atoms with van der Waals surface area (Å²) in [5.41, 5.74) is 0. The van der Waals surface area contributed by atoms with Crippen molar-refractivity contribution < 1.29 is 29.7 Å². The Morgan fingerprint density at radius 2 is 2.12 bits per heavy atom. The first-order valence-corrected chi connectivity index (χ1v) is 5.10. The fourth-order valence-electron chi connectivity index (χ4n) is 1.75. The van der Waals surface area contributed by atoms with E-state index in [1.165, 1.54) is 6.08 Å². The van der Waals surface area contributed by atoms with E-state index in [0.717, 1.165) is 0 Å². The topological polar surface area (TPSA) is 111 Å². The summed E-state index contributed by atoms with van der Waals surface area (Å²) in [4.78, 5) is 21.5. The maximum Gasteiger partial charge on any atom is 0.323 e. The molecule has 0 aliphatic carbocycles. The number of carboxylic acid groups (broad SMARTS) is 2. The first-order chi connectivity index (χ1) is 7.97. The molecule has 1 saturated heterocycles. The van der Waals surface area contributed by atoms with Gasteiger partial charge in [-0.25, -0.2) is 0 Å². The molecule has 3 N–H and O–H groups in total. The van der Waals surface area contributed by atoms with Crippen molar-refractivity contribution >= 4 is 11.9 Å². The molecule has 0 bridgehead atoms. The Labute approximate surface area is 97.9 Å². The van der Waals surface area contributed by atoms with Crippen molar-refractivity contribution in [1.82, 2.24) is 5.06 Å². The predicted octanol–water partition coefficient (Wildman–Crippen LogP) is -0.193. The Hall–Kier alpha value is -1.44. The van der Waals surface area contributed by atoms with Gasteiger partial charge < -0.3 is 20.2 Å². The third-order valence-corrected chi connectivity index (χ3v) is 2.55. The molecule has 7 nitrogen and oxygen atoms in total. The van der Waals surface area contributed by atoms with Crippen LogP contribution in [-0.2, 0) is 14.3 Å². The largest absolute Gasteiger partial charge is 0.480 e. The molecule has 1 aliphatic rings. The molecule has 0 radical (unpaired) electrons. The van der Waals surface area contributed by atoms with Crippen LogP contribution in [0.25, 0.3) is 0 Å². The van der Waals surface area contributed by atoms with Gasteiger partial charge in [0.1, 0.15) is 12.6 Å². The number of hydrogen-bond acceptors (Lipinski definition) is 5. The summed E-state index contributed by atoms with van der Waals surface area (Å²) < 4.78 is 5.01. The molecule has 0 aromatic heterocycles. The van der Waals surface area contributed by atoms with E-state index in [2.05, 4.69) is 6.58 Å². The summed E-state index contributed by atoms with van der Waals surface area (Å²) in [7, 11) is 0. The van der Waals surface area contributed by atoms with Crippen molar-refractivity contribution in [3.05, 3.63) is 12.7 Å². The lowest BCUT2D eigenvalue weighted by Crippen LogP contribution is -2.48. The standard InChI is InChI=1S/C10H15NO6/c1-2-3-6(7-5-17-7)9(10(14)15)11(16)4-8(12)13/h2,6-7,9,16H,1,3-5H2,(H,12,13)(H,14,15). The predicted molar refractivity (Wildman–Crippen MR) is 55.6 cm³/mol. The second-order valence-electron chi connectivity index (χ2n) is 3.83. The molecule has 3 atom stereocenters. The van der Waals surface area contributed by atoms with E-state index in [9.17, 15) is 14.8 Å². The van der Waals surface area contributed by atoms with Crippen LogP contribution in [0.3, 0.4) is 0 Å². The van der Waals surface area contributed by atoms with Gasteiger partial charge in [0, 0.05) is 5.92 Å². The summed E-state index contributed by atoms with van der Waals surface area (Å²) in [6.45, 7) is 3.17. The fraction of sp³-hybridized carbons (Fsp3) is 0.600. The molecule has 7 heteroatoms. The number of carbonyl (C=O) groups is 2. The minimum absolute atomic E-state index is 0.266. The van der Waals surface area contributed by atoms with Gasteiger partial charge in [0.05, 0.1) is 12.7 Å². The van der Waals surface area contributed by atoms with Crippen LogP contribution in [0.5, 0.6) is 0 Å². The van der Waals surface area contributed by atoms with E-state index in [1.807, 2.05) is 0 Å². The van der Waals surface area contributed by atoms with Gasteiger partial charge in [-0.2, -0.15) is 5.06 Å². The third-order valence-electron chi connectivity index (χ3n) is 2.55. The maximum absolute atomic E-state index is 11.1. The zero-order valence-corrected chi connectivity index (χ0v) is 9.15. The van der Waals surface area contributed by atoms with Crippen LogP contribution < -0.4 is 0 Å². The van der Waals surface area contributed by atoms with Gasteiger partial charge in [-0.15, -0.1) is 6.58 Å². The first-order valence-electron chi connectivity index (χ1n) is 5.10. The van der Waals surface area contributed by atoms with Gasteiger partial charge >= 0.3 is 11.9 Å². The van der Waals surface area contributed by atoms with Gasteiger partial charge in [0.15, 0.2) is 0 Å². The highest BCUT2D eigenvalue weighted by Gasteiger charge is 2.43. The van der Waals surface area contributed by atoms with E-state index in [4.69, 9.17) is 14.9 Å². The third kappa shape index (κ3) is 3.81. The van der Waals surface area contributed by atoms with Crippen LogP contribution in [0.2, 0.25) is 0 Å². The Balaban J connectivity index is 2.77. The van der Waals surface area contributed by atoms with Crippen LogP contribution in [0.15, 0.2) is 12.7 Å². The van der Waals surface area contributed by atoms with Gasteiger partial charge in [-0.3, -0.25) is 9.59 Å². The van der Waals surface area contributed by atoms with E-state index in [1.54, 1.807) is 0 Å². The van der Waals surface area contributed by atoms with Gasteiger partial charge in [0.2, 0.25) is 0 Å². The number of nitrogens with zero attached hydrogens (tertiary/aromatic N) is 1. The molecule has 1 rings (SSSR count). The maximum atomic E-state index is 11.1. The number of ether oxygens (including phenoxy) is 1. The van der Waals surface area contributed by atoms with Crippen molar-refractivity contribution in [2.75, 3.05) is 13.2 Å². The monoisotopic (exact) mass is 245 g/mol. The number of aliphatic carboxylic acids is 2. The average Bonchev–Trinajstić information content (AvgIpc) is 2.97. The number of hydrogen-bond donors (Lipinski definition) is 3. The SMILES string of the molecule is C=CCC(C1CO1)C(C(=O)O)N(O)CC(=O)O. The van der Waals surface area contributed by atoms with E-state index < -0.39 is 30.4 Å². The Morgan fingerprint density at radius 1 is 1.53 bits per heavy atom. The minimum Gasteiger partial charge on any atom is -0.480 e. The van der Waals surface area contributed by atoms with E-state index >= 15 is 0 Å². The van der Waals surface area contributed by atoms with Crippen LogP contribution >= 0.6 is 0 Å². The van der Waals surface area contributed by atoms with Gasteiger partial charge in [-0.05, 0) is 6.42 Å². The van der Waals surface area contributed by atoms with E-state index in [-0.39, 0.29) is 6.10 Å². The molecule has 0 amide bonds. The quantitative estimate of drug-likeness (QED) is 0.308. The highest BCUT2D eigenvalue weighted by atomic mass is 16.6. The van der Waals surface area contributed by atoms with E-state index in [0.29, 0.717) is 18.1 Å². The number of epoxide rings is 1. The highest BCUT2D eigenvalue weighted by molar-refractivity contribution is 5.75. The fourth-order valence-corrected chi connectivity index (χ4v) is 1.75. The van der Waals surface area contributed by atoms with Crippen molar-refractivity contribution in [3.8, 4) is 0 Å². The molecule has 1 fully saturated rings. The Morgan fingerprint density at radius 3 is 2.47 bits per heavy atom. The Bertz CT molecular complexity index is 314. The van der Waals surface area contributed by atoms with Gasteiger partial charge in [-0.1, -0.05) is 6.08 Å². The summed E-state index contributed by atoms with van der Waals surface area (Å²) in [5, 5.41) is 27.4. The normalized spacial score (nSPS) is 21.9. The van der Waals surface area contributed by atoms with Crippen molar-refractivity contribution in [3.63, 3.8) is 0 Å². The molecular formula is C10H15NO6. The highest BCUT2D eigenvalue weighted by Crippen LogP contribution is 2.29. The van der Waals surface area contributed by atoms with Crippen LogP contribution in [0.4, 0.5) is 0 Å². The van der Waals surface area contributed by atoms with Crippen molar-refractivity contribution in [1.29, 1.82) is 0 Å². The molecule has 0 saturated carbocycles. The average molecular weight is 245 g/mol. The van der Waals surface area contributed by atoms with Gasteiger partial charge in [0.25, 0.3) is 0 Å².